The number of aromatic nitrogens is 1. The first-order valence-corrected chi connectivity index (χ1v) is 8.30. The Morgan fingerprint density at radius 1 is 1.38 bits per heavy atom. The van der Waals surface area contributed by atoms with Crippen molar-refractivity contribution in [1.29, 1.82) is 0 Å². The van der Waals surface area contributed by atoms with E-state index in [-0.39, 0.29) is 0 Å². The summed E-state index contributed by atoms with van der Waals surface area (Å²) in [7, 11) is 0. The molecule has 0 radical (unpaired) electrons. The standard InChI is InChI=1S/C17H28N2O2/c1-12-6-15(9-17(2,3)8-12)20-11-16-7-14(19-21-16)10-18-13-4-5-13/h7,12-13,15,18H,4-6,8-11H2,1-3H3. The molecule has 2 unspecified atom stereocenters. The molecule has 3 rings (SSSR count). The molecule has 118 valence electrons. The number of hydrogen-bond donors (Lipinski definition) is 1. The summed E-state index contributed by atoms with van der Waals surface area (Å²) < 4.78 is 11.4. The van der Waals surface area contributed by atoms with Crippen molar-refractivity contribution in [3.05, 3.63) is 17.5 Å². The Kier molecular flexibility index (Phi) is 4.36. The van der Waals surface area contributed by atoms with Crippen LogP contribution < -0.4 is 5.32 Å². The molecule has 2 atom stereocenters. The van der Waals surface area contributed by atoms with Crippen molar-refractivity contribution in [2.24, 2.45) is 11.3 Å². The maximum atomic E-state index is 6.07. The molecule has 2 aliphatic rings. The molecule has 1 aromatic heterocycles. The van der Waals surface area contributed by atoms with Crippen LogP contribution in [-0.4, -0.2) is 17.3 Å². The van der Waals surface area contributed by atoms with Gasteiger partial charge in [0.2, 0.25) is 0 Å². The maximum Gasteiger partial charge on any atom is 0.162 e. The highest BCUT2D eigenvalue weighted by Crippen LogP contribution is 2.39. The smallest absolute Gasteiger partial charge is 0.162 e. The summed E-state index contributed by atoms with van der Waals surface area (Å²) in [6, 6.07) is 2.72. The number of rotatable bonds is 6. The number of hydrogen-bond acceptors (Lipinski definition) is 4. The average Bonchev–Trinajstić information content (AvgIpc) is 3.10. The molecule has 2 fully saturated rings. The first-order valence-electron chi connectivity index (χ1n) is 8.30. The second-order valence-corrected chi connectivity index (χ2v) is 7.79. The van der Waals surface area contributed by atoms with Crippen LogP contribution in [0.5, 0.6) is 0 Å². The molecule has 4 nitrogen and oxygen atoms in total. The highest BCUT2D eigenvalue weighted by molar-refractivity contribution is 5.05. The normalized spacial score (nSPS) is 28.7. The highest BCUT2D eigenvalue weighted by Gasteiger charge is 2.32. The highest BCUT2D eigenvalue weighted by atomic mass is 16.5. The molecule has 21 heavy (non-hydrogen) atoms. The number of nitrogens with zero attached hydrogens (tertiary/aromatic N) is 1. The second kappa shape index (κ2) is 6.09. The van der Waals surface area contributed by atoms with E-state index in [0.717, 1.165) is 36.8 Å². The van der Waals surface area contributed by atoms with Crippen LogP contribution in [0.25, 0.3) is 0 Å². The Morgan fingerprint density at radius 2 is 2.19 bits per heavy atom. The Labute approximate surface area is 127 Å². The van der Waals surface area contributed by atoms with Crippen molar-refractivity contribution in [3.8, 4) is 0 Å². The lowest BCUT2D eigenvalue weighted by Gasteiger charge is -2.38. The summed E-state index contributed by atoms with van der Waals surface area (Å²) in [4.78, 5) is 0. The van der Waals surface area contributed by atoms with Crippen molar-refractivity contribution in [2.75, 3.05) is 0 Å². The molecule has 0 aromatic carbocycles. The van der Waals surface area contributed by atoms with E-state index < -0.39 is 0 Å². The Balaban J connectivity index is 1.45. The van der Waals surface area contributed by atoms with E-state index in [1.54, 1.807) is 0 Å². The fourth-order valence-electron chi connectivity index (χ4n) is 3.63. The predicted octanol–water partition coefficient (Wildman–Crippen LogP) is 3.66. The largest absolute Gasteiger partial charge is 0.370 e. The van der Waals surface area contributed by atoms with Crippen molar-refractivity contribution in [3.63, 3.8) is 0 Å². The molecule has 4 heteroatoms. The zero-order valence-corrected chi connectivity index (χ0v) is 13.5. The molecule has 0 bridgehead atoms. The molecule has 0 aliphatic heterocycles. The summed E-state index contributed by atoms with van der Waals surface area (Å²) in [5.74, 6) is 1.59. The Hall–Kier alpha value is -0.870. The number of nitrogens with one attached hydrogen (secondary N) is 1. The lowest BCUT2D eigenvalue weighted by Crippen LogP contribution is -2.32. The molecule has 1 heterocycles. The minimum atomic E-state index is 0.349. The van der Waals surface area contributed by atoms with Gasteiger partial charge in [0.1, 0.15) is 6.61 Å². The third kappa shape index (κ3) is 4.55. The van der Waals surface area contributed by atoms with Gasteiger partial charge in [-0.15, -0.1) is 0 Å². The van der Waals surface area contributed by atoms with E-state index in [1.165, 1.54) is 19.3 Å². The third-order valence-electron chi connectivity index (χ3n) is 4.56. The molecular formula is C17H28N2O2. The van der Waals surface area contributed by atoms with Crippen LogP contribution in [0.15, 0.2) is 10.6 Å². The molecule has 0 spiro atoms. The topological polar surface area (TPSA) is 47.3 Å². The summed E-state index contributed by atoms with van der Waals surface area (Å²) in [5, 5.41) is 7.55. The summed E-state index contributed by atoms with van der Waals surface area (Å²) in [6.07, 6.45) is 6.54. The van der Waals surface area contributed by atoms with Gasteiger partial charge in [-0.3, -0.25) is 0 Å². The first kappa shape index (κ1) is 15.0. The van der Waals surface area contributed by atoms with Crippen LogP contribution in [0.2, 0.25) is 0 Å². The summed E-state index contributed by atoms with van der Waals surface area (Å²) >= 11 is 0. The van der Waals surface area contributed by atoms with E-state index in [2.05, 4.69) is 31.2 Å². The minimum Gasteiger partial charge on any atom is -0.370 e. The van der Waals surface area contributed by atoms with E-state index in [0.29, 0.717) is 24.2 Å². The fraction of sp³-hybridized carbons (Fsp3) is 0.824. The van der Waals surface area contributed by atoms with Gasteiger partial charge < -0.3 is 14.6 Å². The molecule has 0 amide bonds. The molecule has 1 aromatic rings. The quantitative estimate of drug-likeness (QED) is 0.869. The van der Waals surface area contributed by atoms with E-state index >= 15 is 0 Å². The van der Waals surface area contributed by atoms with Crippen molar-refractivity contribution in [1.82, 2.24) is 10.5 Å². The summed E-state index contributed by atoms with van der Waals surface area (Å²) in [5.41, 5.74) is 1.38. The Bertz CT molecular complexity index is 465. The van der Waals surface area contributed by atoms with Gasteiger partial charge in [-0.05, 0) is 43.4 Å². The maximum absolute atomic E-state index is 6.07. The zero-order chi connectivity index (χ0) is 14.9. The van der Waals surface area contributed by atoms with E-state index in [9.17, 15) is 0 Å². The van der Waals surface area contributed by atoms with E-state index in [1.807, 2.05) is 6.07 Å². The van der Waals surface area contributed by atoms with Gasteiger partial charge in [0, 0.05) is 18.7 Å². The first-order chi connectivity index (χ1) is 10.00. The van der Waals surface area contributed by atoms with Gasteiger partial charge in [-0.25, -0.2) is 0 Å². The fourth-order valence-corrected chi connectivity index (χ4v) is 3.63. The molecular weight excluding hydrogens is 264 g/mol. The van der Waals surface area contributed by atoms with Crippen LogP contribution in [0, 0.1) is 11.3 Å². The number of ether oxygens (including phenoxy) is 1. The average molecular weight is 292 g/mol. The van der Waals surface area contributed by atoms with Gasteiger partial charge >= 0.3 is 0 Å². The van der Waals surface area contributed by atoms with Crippen LogP contribution in [0.4, 0.5) is 0 Å². The second-order valence-electron chi connectivity index (χ2n) is 7.79. The van der Waals surface area contributed by atoms with Gasteiger partial charge in [-0.2, -0.15) is 0 Å². The van der Waals surface area contributed by atoms with Crippen LogP contribution in [-0.2, 0) is 17.9 Å². The predicted molar refractivity (Wildman–Crippen MR) is 81.7 cm³/mol. The van der Waals surface area contributed by atoms with Crippen LogP contribution in [0.1, 0.15) is 64.3 Å². The van der Waals surface area contributed by atoms with Crippen molar-refractivity contribution in [2.45, 2.75) is 78.2 Å². The lowest BCUT2D eigenvalue weighted by atomic mass is 9.71. The van der Waals surface area contributed by atoms with Gasteiger partial charge in [0.05, 0.1) is 11.8 Å². The SMILES string of the molecule is CC1CC(OCc2cc(CNC3CC3)no2)CC(C)(C)C1. The van der Waals surface area contributed by atoms with Crippen LogP contribution >= 0.6 is 0 Å². The zero-order valence-electron chi connectivity index (χ0n) is 13.5. The monoisotopic (exact) mass is 292 g/mol. The lowest BCUT2D eigenvalue weighted by molar-refractivity contribution is -0.0380. The van der Waals surface area contributed by atoms with Gasteiger partial charge in [0.15, 0.2) is 5.76 Å². The minimum absolute atomic E-state index is 0.349. The molecule has 2 aliphatic carbocycles. The van der Waals surface area contributed by atoms with Gasteiger partial charge in [0.25, 0.3) is 0 Å². The van der Waals surface area contributed by atoms with Crippen LogP contribution in [0.3, 0.4) is 0 Å². The third-order valence-corrected chi connectivity index (χ3v) is 4.56. The van der Waals surface area contributed by atoms with Crippen molar-refractivity contribution >= 4 is 0 Å². The molecule has 0 saturated heterocycles. The van der Waals surface area contributed by atoms with Gasteiger partial charge in [-0.1, -0.05) is 25.9 Å². The summed E-state index contributed by atoms with van der Waals surface area (Å²) in [6.45, 7) is 8.36. The molecule has 2 saturated carbocycles. The molecule has 1 N–H and O–H groups in total. The van der Waals surface area contributed by atoms with Crippen molar-refractivity contribution < 1.29 is 9.26 Å². The van der Waals surface area contributed by atoms with E-state index in [4.69, 9.17) is 9.26 Å². The Morgan fingerprint density at radius 3 is 2.90 bits per heavy atom.